The highest BCUT2D eigenvalue weighted by molar-refractivity contribution is 5.92. The zero-order valence-corrected chi connectivity index (χ0v) is 13.4. The highest BCUT2D eigenvalue weighted by atomic mass is 19.1. The van der Waals surface area contributed by atoms with Gasteiger partial charge in [-0.2, -0.15) is 0 Å². The maximum Gasteiger partial charge on any atom is 0.272 e. The van der Waals surface area contributed by atoms with Crippen LogP contribution in [-0.4, -0.2) is 34.4 Å². The fraction of sp³-hybridized carbons (Fsp3) is 0.353. The number of anilines is 1. The highest BCUT2D eigenvalue weighted by Crippen LogP contribution is 2.08. The molecule has 0 aliphatic rings. The van der Waals surface area contributed by atoms with Crippen LogP contribution in [0.2, 0.25) is 0 Å². The topological polar surface area (TPSA) is 58.1 Å². The van der Waals surface area contributed by atoms with E-state index in [0.29, 0.717) is 24.7 Å². The average Bonchev–Trinajstić information content (AvgIpc) is 2.58. The maximum absolute atomic E-state index is 12.9. The molecule has 5 nitrogen and oxygen atoms in total. The molecule has 0 saturated heterocycles. The monoisotopic (exact) mass is 316 g/mol. The molecule has 1 aromatic heterocycles. The Morgan fingerprint density at radius 2 is 2.00 bits per heavy atom. The van der Waals surface area contributed by atoms with Gasteiger partial charge in [-0.1, -0.05) is 25.5 Å². The van der Waals surface area contributed by atoms with Crippen LogP contribution in [-0.2, 0) is 6.54 Å². The Bertz CT molecular complexity index is 645. The number of unbranched alkanes of at least 4 members (excludes halogenated alkanes) is 1. The van der Waals surface area contributed by atoms with Gasteiger partial charge >= 0.3 is 0 Å². The minimum Gasteiger partial charge on any atom is -0.350 e. The van der Waals surface area contributed by atoms with E-state index in [2.05, 4.69) is 22.2 Å². The number of amides is 1. The van der Waals surface area contributed by atoms with Gasteiger partial charge in [0, 0.05) is 26.3 Å². The zero-order chi connectivity index (χ0) is 16.7. The van der Waals surface area contributed by atoms with E-state index in [4.69, 9.17) is 0 Å². The Hall–Kier alpha value is -2.50. The normalized spacial score (nSPS) is 10.4. The Morgan fingerprint density at radius 3 is 2.70 bits per heavy atom. The second kappa shape index (κ2) is 8.22. The molecule has 23 heavy (non-hydrogen) atoms. The van der Waals surface area contributed by atoms with E-state index < -0.39 is 0 Å². The minimum atomic E-state index is -0.271. The van der Waals surface area contributed by atoms with Crippen LogP contribution in [0, 0.1) is 5.82 Å². The minimum absolute atomic E-state index is 0.120. The lowest BCUT2D eigenvalue weighted by atomic mass is 10.2. The third-order valence-electron chi connectivity index (χ3n) is 3.43. The van der Waals surface area contributed by atoms with E-state index in [1.165, 1.54) is 12.1 Å². The molecule has 0 spiro atoms. The second-order valence-corrected chi connectivity index (χ2v) is 5.33. The summed E-state index contributed by atoms with van der Waals surface area (Å²) >= 11 is 0. The Labute approximate surface area is 135 Å². The molecule has 122 valence electrons. The lowest BCUT2D eigenvalue weighted by Crippen LogP contribution is -2.28. The molecule has 1 aromatic carbocycles. The van der Waals surface area contributed by atoms with Gasteiger partial charge in [0.1, 0.15) is 11.5 Å². The fourth-order valence-electron chi connectivity index (χ4n) is 2.04. The number of benzene rings is 1. The molecular weight excluding hydrogens is 295 g/mol. The maximum atomic E-state index is 12.9. The van der Waals surface area contributed by atoms with Gasteiger partial charge in [-0.25, -0.2) is 14.4 Å². The molecule has 0 bridgehead atoms. The number of halogens is 1. The van der Waals surface area contributed by atoms with Crippen LogP contribution in [0.3, 0.4) is 0 Å². The van der Waals surface area contributed by atoms with Crippen molar-refractivity contribution in [3.8, 4) is 0 Å². The van der Waals surface area contributed by atoms with E-state index in [1.807, 2.05) is 0 Å². The molecule has 0 saturated carbocycles. The van der Waals surface area contributed by atoms with Crippen molar-refractivity contribution < 1.29 is 9.18 Å². The summed E-state index contributed by atoms with van der Waals surface area (Å²) in [7, 11) is 1.77. The molecule has 2 aromatic rings. The van der Waals surface area contributed by atoms with Gasteiger partial charge in [-0.05, 0) is 30.2 Å². The molecule has 0 unspecified atom stereocenters. The first-order valence-corrected chi connectivity index (χ1v) is 7.67. The van der Waals surface area contributed by atoms with Crippen LogP contribution in [0.1, 0.15) is 35.8 Å². The third kappa shape index (κ3) is 5.02. The van der Waals surface area contributed by atoms with Crippen LogP contribution in [0.5, 0.6) is 0 Å². The Morgan fingerprint density at radius 1 is 1.26 bits per heavy atom. The third-order valence-corrected chi connectivity index (χ3v) is 3.43. The van der Waals surface area contributed by atoms with Crippen LogP contribution in [0.15, 0.2) is 36.5 Å². The van der Waals surface area contributed by atoms with Crippen molar-refractivity contribution in [3.63, 3.8) is 0 Å². The van der Waals surface area contributed by atoms with Gasteiger partial charge in [0.2, 0.25) is 5.95 Å². The summed E-state index contributed by atoms with van der Waals surface area (Å²) in [5.41, 5.74) is 1.27. The first kappa shape index (κ1) is 16.9. The van der Waals surface area contributed by atoms with Crippen molar-refractivity contribution >= 4 is 11.9 Å². The van der Waals surface area contributed by atoms with Gasteiger partial charge < -0.3 is 10.2 Å². The molecule has 1 amide bonds. The van der Waals surface area contributed by atoms with Crippen LogP contribution in [0.25, 0.3) is 0 Å². The van der Waals surface area contributed by atoms with Crippen LogP contribution in [0.4, 0.5) is 10.3 Å². The second-order valence-electron chi connectivity index (χ2n) is 5.33. The number of hydrogen-bond donors (Lipinski definition) is 1. The predicted octanol–water partition coefficient (Wildman–Crippen LogP) is 3.10. The Balaban J connectivity index is 1.98. The molecule has 0 atom stereocenters. The molecule has 0 radical (unpaired) electrons. The summed E-state index contributed by atoms with van der Waals surface area (Å²) < 4.78 is 12.9. The van der Waals surface area contributed by atoms with Crippen LogP contribution < -0.4 is 5.32 Å². The SMILES string of the molecule is CCCCN(C)C(=O)c1ccnc(NCc2ccc(F)cc2)n1. The molecule has 1 heterocycles. The lowest BCUT2D eigenvalue weighted by Gasteiger charge is -2.16. The molecule has 0 aliphatic heterocycles. The van der Waals surface area contributed by atoms with Crippen molar-refractivity contribution in [1.29, 1.82) is 0 Å². The fourth-order valence-corrected chi connectivity index (χ4v) is 2.04. The summed E-state index contributed by atoms with van der Waals surface area (Å²) in [4.78, 5) is 22.3. The average molecular weight is 316 g/mol. The van der Waals surface area contributed by atoms with Gasteiger partial charge in [-0.15, -0.1) is 0 Å². The molecule has 1 N–H and O–H groups in total. The number of aromatic nitrogens is 2. The zero-order valence-electron chi connectivity index (χ0n) is 13.4. The smallest absolute Gasteiger partial charge is 0.272 e. The van der Waals surface area contributed by atoms with Gasteiger partial charge in [0.05, 0.1) is 0 Å². The summed E-state index contributed by atoms with van der Waals surface area (Å²) in [6.45, 7) is 3.25. The van der Waals surface area contributed by atoms with Crippen molar-refractivity contribution in [2.24, 2.45) is 0 Å². The van der Waals surface area contributed by atoms with Crippen LogP contribution >= 0.6 is 0 Å². The van der Waals surface area contributed by atoms with Crippen molar-refractivity contribution in [2.45, 2.75) is 26.3 Å². The number of carbonyl (C=O) groups is 1. The van der Waals surface area contributed by atoms with Gasteiger partial charge in [0.25, 0.3) is 5.91 Å². The van der Waals surface area contributed by atoms with E-state index >= 15 is 0 Å². The van der Waals surface area contributed by atoms with Gasteiger partial charge in [0.15, 0.2) is 0 Å². The van der Waals surface area contributed by atoms with E-state index in [9.17, 15) is 9.18 Å². The highest BCUT2D eigenvalue weighted by Gasteiger charge is 2.13. The molecule has 0 aliphatic carbocycles. The molecule has 6 heteroatoms. The predicted molar refractivity (Wildman–Crippen MR) is 87.6 cm³/mol. The first-order valence-electron chi connectivity index (χ1n) is 7.67. The summed E-state index contributed by atoms with van der Waals surface area (Å²) in [5, 5.41) is 3.04. The Kier molecular flexibility index (Phi) is 6.02. The standard InChI is InChI=1S/C17H21FN4O/c1-3-4-11-22(2)16(23)15-9-10-19-17(21-15)20-12-13-5-7-14(18)8-6-13/h5-10H,3-4,11-12H2,1-2H3,(H,19,20,21). The van der Waals surface area contributed by atoms with Gasteiger partial charge in [-0.3, -0.25) is 4.79 Å². The van der Waals surface area contributed by atoms with E-state index in [-0.39, 0.29) is 11.7 Å². The number of nitrogens with zero attached hydrogens (tertiary/aromatic N) is 3. The summed E-state index contributed by atoms with van der Waals surface area (Å²) in [6, 6.07) is 7.79. The first-order chi connectivity index (χ1) is 11.1. The number of nitrogens with one attached hydrogen (secondary N) is 1. The van der Waals surface area contributed by atoms with Crippen molar-refractivity contribution in [1.82, 2.24) is 14.9 Å². The summed E-state index contributed by atoms with van der Waals surface area (Å²) in [5.74, 6) is -0.0116. The van der Waals surface area contributed by atoms with Crippen molar-refractivity contribution in [2.75, 3.05) is 18.9 Å². The molecule has 0 fully saturated rings. The van der Waals surface area contributed by atoms with E-state index in [0.717, 1.165) is 18.4 Å². The number of rotatable bonds is 7. The van der Waals surface area contributed by atoms with E-state index in [1.54, 1.807) is 36.3 Å². The largest absolute Gasteiger partial charge is 0.350 e. The van der Waals surface area contributed by atoms with Crippen molar-refractivity contribution in [3.05, 3.63) is 53.6 Å². The number of hydrogen-bond acceptors (Lipinski definition) is 4. The number of carbonyl (C=O) groups excluding carboxylic acids is 1. The molecule has 2 rings (SSSR count). The lowest BCUT2D eigenvalue weighted by molar-refractivity contribution is 0.0787. The summed E-state index contributed by atoms with van der Waals surface area (Å²) in [6.07, 6.45) is 3.55. The quantitative estimate of drug-likeness (QED) is 0.853. The molecular formula is C17H21FN4O.